The van der Waals surface area contributed by atoms with Gasteiger partial charge in [-0.3, -0.25) is 0 Å². The summed E-state index contributed by atoms with van der Waals surface area (Å²) >= 11 is 0. The maximum absolute atomic E-state index is 11.9. The first kappa shape index (κ1) is 16.4. The third-order valence-electron chi connectivity index (χ3n) is 2.78. The summed E-state index contributed by atoms with van der Waals surface area (Å²) in [6.45, 7) is 8.18. The standard InChI is InChI=1S/C15H25N3O2/c1-6-20-14(19)12-8-7-9-16-13(12)17-10-15(2,3)11-18(4)5/h7-9H,6,10-11H2,1-5H3,(H,16,17). The summed E-state index contributed by atoms with van der Waals surface area (Å²) in [7, 11) is 4.10. The van der Waals surface area contributed by atoms with Gasteiger partial charge in [0.15, 0.2) is 0 Å². The molecule has 112 valence electrons. The van der Waals surface area contributed by atoms with E-state index in [1.165, 1.54) is 0 Å². The molecule has 0 amide bonds. The number of hydrogen-bond acceptors (Lipinski definition) is 5. The van der Waals surface area contributed by atoms with Crippen LogP contribution in [-0.4, -0.2) is 49.6 Å². The van der Waals surface area contributed by atoms with Gasteiger partial charge in [-0.2, -0.15) is 0 Å². The Morgan fingerprint density at radius 2 is 2.15 bits per heavy atom. The Morgan fingerprint density at radius 3 is 2.75 bits per heavy atom. The van der Waals surface area contributed by atoms with Crippen LogP contribution in [0.15, 0.2) is 18.3 Å². The average Bonchev–Trinajstić information content (AvgIpc) is 2.35. The first-order valence-electron chi connectivity index (χ1n) is 6.86. The zero-order valence-corrected chi connectivity index (χ0v) is 13.1. The lowest BCUT2D eigenvalue weighted by atomic mass is 9.93. The Kier molecular flexibility index (Phi) is 5.95. The number of anilines is 1. The van der Waals surface area contributed by atoms with E-state index in [4.69, 9.17) is 4.74 Å². The van der Waals surface area contributed by atoms with Crippen molar-refractivity contribution < 1.29 is 9.53 Å². The van der Waals surface area contributed by atoms with Gasteiger partial charge in [0.2, 0.25) is 0 Å². The second kappa shape index (κ2) is 7.24. The molecule has 0 aliphatic rings. The van der Waals surface area contributed by atoms with Crippen LogP contribution in [-0.2, 0) is 4.74 Å². The lowest BCUT2D eigenvalue weighted by Gasteiger charge is -2.28. The Morgan fingerprint density at radius 1 is 1.45 bits per heavy atom. The molecule has 5 heteroatoms. The predicted molar refractivity (Wildman–Crippen MR) is 81.0 cm³/mol. The Bertz CT molecular complexity index is 444. The zero-order valence-electron chi connectivity index (χ0n) is 13.1. The molecular weight excluding hydrogens is 254 g/mol. The van der Waals surface area contributed by atoms with Crippen LogP contribution in [0.3, 0.4) is 0 Å². The van der Waals surface area contributed by atoms with Gasteiger partial charge in [-0.1, -0.05) is 13.8 Å². The predicted octanol–water partition coefficient (Wildman–Crippen LogP) is 2.26. The number of carbonyl (C=O) groups excluding carboxylic acids is 1. The number of nitrogens with zero attached hydrogens (tertiary/aromatic N) is 2. The fourth-order valence-electron chi connectivity index (χ4n) is 2.15. The van der Waals surface area contributed by atoms with E-state index in [2.05, 4.69) is 29.0 Å². The molecule has 0 aliphatic carbocycles. The normalized spacial score (nSPS) is 11.5. The number of rotatable bonds is 7. The number of esters is 1. The van der Waals surface area contributed by atoms with Gasteiger partial charge in [0.25, 0.3) is 0 Å². The van der Waals surface area contributed by atoms with E-state index in [1.54, 1.807) is 25.3 Å². The van der Waals surface area contributed by atoms with Crippen molar-refractivity contribution in [2.75, 3.05) is 39.1 Å². The SMILES string of the molecule is CCOC(=O)c1cccnc1NCC(C)(C)CN(C)C. The second-order valence-electron chi connectivity index (χ2n) is 5.88. The van der Waals surface area contributed by atoms with Gasteiger partial charge in [-0.25, -0.2) is 9.78 Å². The van der Waals surface area contributed by atoms with Crippen molar-refractivity contribution in [3.8, 4) is 0 Å². The van der Waals surface area contributed by atoms with E-state index in [0.29, 0.717) is 18.0 Å². The van der Waals surface area contributed by atoms with Crippen LogP contribution >= 0.6 is 0 Å². The molecule has 20 heavy (non-hydrogen) atoms. The highest BCUT2D eigenvalue weighted by Crippen LogP contribution is 2.19. The van der Waals surface area contributed by atoms with Crippen LogP contribution in [0, 0.1) is 5.41 Å². The Labute approximate surface area is 121 Å². The molecule has 0 fully saturated rings. The van der Waals surface area contributed by atoms with Gasteiger partial charge in [-0.05, 0) is 38.6 Å². The van der Waals surface area contributed by atoms with Gasteiger partial charge in [-0.15, -0.1) is 0 Å². The van der Waals surface area contributed by atoms with Crippen LogP contribution < -0.4 is 5.32 Å². The lowest BCUT2D eigenvalue weighted by molar-refractivity contribution is 0.0527. The Balaban J connectivity index is 2.75. The van der Waals surface area contributed by atoms with Crippen molar-refractivity contribution in [1.82, 2.24) is 9.88 Å². The minimum absolute atomic E-state index is 0.0763. The molecule has 1 heterocycles. The molecule has 0 saturated heterocycles. The number of pyridine rings is 1. The smallest absolute Gasteiger partial charge is 0.341 e. The van der Waals surface area contributed by atoms with E-state index >= 15 is 0 Å². The topological polar surface area (TPSA) is 54.5 Å². The summed E-state index contributed by atoms with van der Waals surface area (Å²) in [4.78, 5) is 18.2. The zero-order chi connectivity index (χ0) is 15.2. The number of carbonyl (C=O) groups is 1. The van der Waals surface area contributed by atoms with Crippen LogP contribution in [0.1, 0.15) is 31.1 Å². The maximum atomic E-state index is 11.9. The summed E-state index contributed by atoms with van der Waals surface area (Å²) in [6.07, 6.45) is 1.67. The van der Waals surface area contributed by atoms with Gasteiger partial charge < -0.3 is 15.0 Å². The fourth-order valence-corrected chi connectivity index (χ4v) is 2.15. The first-order valence-corrected chi connectivity index (χ1v) is 6.86. The third kappa shape index (κ3) is 5.17. The van der Waals surface area contributed by atoms with Crippen molar-refractivity contribution in [3.63, 3.8) is 0 Å². The van der Waals surface area contributed by atoms with Crippen LogP contribution in [0.5, 0.6) is 0 Å². The molecule has 1 N–H and O–H groups in total. The highest BCUT2D eigenvalue weighted by Gasteiger charge is 2.20. The summed E-state index contributed by atoms with van der Waals surface area (Å²) in [5.74, 6) is 0.242. The summed E-state index contributed by atoms with van der Waals surface area (Å²) < 4.78 is 5.04. The molecule has 0 spiro atoms. The molecule has 0 radical (unpaired) electrons. The van der Waals surface area contributed by atoms with Crippen molar-refractivity contribution in [1.29, 1.82) is 0 Å². The van der Waals surface area contributed by atoms with Gasteiger partial charge in [0.1, 0.15) is 11.4 Å². The highest BCUT2D eigenvalue weighted by atomic mass is 16.5. The molecule has 1 aromatic heterocycles. The van der Waals surface area contributed by atoms with Crippen molar-refractivity contribution in [3.05, 3.63) is 23.9 Å². The van der Waals surface area contributed by atoms with E-state index in [-0.39, 0.29) is 11.4 Å². The molecule has 0 aliphatic heterocycles. The number of nitrogens with one attached hydrogen (secondary N) is 1. The Hall–Kier alpha value is -1.62. The summed E-state index contributed by atoms with van der Waals surface area (Å²) in [6, 6.07) is 3.47. The molecule has 0 bridgehead atoms. The molecule has 1 rings (SSSR count). The van der Waals surface area contributed by atoms with Gasteiger partial charge in [0.05, 0.1) is 6.61 Å². The number of aromatic nitrogens is 1. The fraction of sp³-hybridized carbons (Fsp3) is 0.600. The molecule has 0 atom stereocenters. The van der Waals surface area contributed by atoms with Crippen LogP contribution in [0.25, 0.3) is 0 Å². The summed E-state index contributed by atoms with van der Waals surface area (Å²) in [5.41, 5.74) is 0.558. The number of hydrogen-bond donors (Lipinski definition) is 1. The first-order chi connectivity index (χ1) is 9.35. The monoisotopic (exact) mass is 279 g/mol. The van der Waals surface area contributed by atoms with Crippen LogP contribution in [0.4, 0.5) is 5.82 Å². The van der Waals surface area contributed by atoms with Crippen molar-refractivity contribution in [2.45, 2.75) is 20.8 Å². The molecule has 0 aromatic carbocycles. The molecular formula is C15H25N3O2. The quantitative estimate of drug-likeness (QED) is 0.776. The summed E-state index contributed by atoms with van der Waals surface area (Å²) in [5, 5.41) is 3.26. The lowest BCUT2D eigenvalue weighted by Crippen LogP contribution is -2.34. The minimum atomic E-state index is -0.339. The van der Waals surface area contributed by atoms with E-state index < -0.39 is 0 Å². The van der Waals surface area contributed by atoms with Crippen molar-refractivity contribution in [2.24, 2.45) is 5.41 Å². The van der Waals surface area contributed by atoms with E-state index in [9.17, 15) is 4.79 Å². The molecule has 1 aromatic rings. The van der Waals surface area contributed by atoms with E-state index in [0.717, 1.165) is 13.1 Å². The molecule has 0 saturated carbocycles. The maximum Gasteiger partial charge on any atom is 0.341 e. The second-order valence-corrected chi connectivity index (χ2v) is 5.88. The van der Waals surface area contributed by atoms with Crippen molar-refractivity contribution >= 4 is 11.8 Å². The van der Waals surface area contributed by atoms with Crippen LogP contribution in [0.2, 0.25) is 0 Å². The average molecular weight is 279 g/mol. The third-order valence-corrected chi connectivity index (χ3v) is 2.78. The molecule has 5 nitrogen and oxygen atoms in total. The highest BCUT2D eigenvalue weighted by molar-refractivity contribution is 5.94. The van der Waals surface area contributed by atoms with Gasteiger partial charge in [0, 0.05) is 19.3 Å². The van der Waals surface area contributed by atoms with Gasteiger partial charge >= 0.3 is 5.97 Å². The van der Waals surface area contributed by atoms with E-state index in [1.807, 2.05) is 14.1 Å². The number of ether oxygens (including phenoxy) is 1. The molecule has 0 unspecified atom stereocenters. The largest absolute Gasteiger partial charge is 0.462 e. The minimum Gasteiger partial charge on any atom is -0.462 e.